The average molecular weight is 470 g/mol. The van der Waals surface area contributed by atoms with Crippen LogP contribution in [-0.2, 0) is 14.3 Å². The molecule has 0 aliphatic heterocycles. The summed E-state index contributed by atoms with van der Waals surface area (Å²) in [5.41, 5.74) is 4.35. The Morgan fingerprint density at radius 2 is 1.56 bits per heavy atom. The third-order valence-corrected chi connectivity index (χ3v) is 5.86. The van der Waals surface area contributed by atoms with Crippen LogP contribution >= 0.6 is 0 Å². The summed E-state index contributed by atoms with van der Waals surface area (Å²) < 4.78 is 5.52. The zero-order valence-electron chi connectivity index (χ0n) is 19.5. The van der Waals surface area contributed by atoms with Crippen molar-refractivity contribution in [3.63, 3.8) is 0 Å². The van der Waals surface area contributed by atoms with Crippen LogP contribution in [0.5, 0.6) is 0 Å². The number of alkyl carbamates (subject to hydrolysis) is 1. The van der Waals surface area contributed by atoms with E-state index in [0.29, 0.717) is 6.54 Å². The Balaban J connectivity index is 1.68. The van der Waals surface area contributed by atoms with E-state index in [1.165, 1.54) is 6.92 Å². The summed E-state index contributed by atoms with van der Waals surface area (Å²) in [4.78, 5) is 38.5. The molecule has 0 bridgehead atoms. The number of aliphatic hydroxyl groups excluding tert-OH is 1. The molecule has 0 saturated carbocycles. The van der Waals surface area contributed by atoms with Crippen molar-refractivity contribution in [1.82, 2.24) is 15.5 Å². The summed E-state index contributed by atoms with van der Waals surface area (Å²) in [5.74, 6) is -2.20. The number of carboxylic acids is 1. The maximum Gasteiger partial charge on any atom is 0.407 e. The van der Waals surface area contributed by atoms with Crippen LogP contribution in [0.3, 0.4) is 0 Å². The van der Waals surface area contributed by atoms with Gasteiger partial charge < -0.3 is 30.5 Å². The molecule has 0 spiro atoms. The van der Waals surface area contributed by atoms with Crippen LogP contribution in [0.25, 0.3) is 11.1 Å². The van der Waals surface area contributed by atoms with E-state index < -0.39 is 36.2 Å². The van der Waals surface area contributed by atoms with Crippen molar-refractivity contribution in [3.05, 3.63) is 59.7 Å². The van der Waals surface area contributed by atoms with Gasteiger partial charge in [-0.1, -0.05) is 48.5 Å². The van der Waals surface area contributed by atoms with Gasteiger partial charge in [-0.2, -0.15) is 0 Å². The number of hydrogen-bond acceptors (Lipinski definition) is 6. The van der Waals surface area contributed by atoms with E-state index in [1.54, 1.807) is 0 Å². The van der Waals surface area contributed by atoms with Crippen LogP contribution < -0.4 is 10.6 Å². The number of rotatable bonds is 10. The average Bonchev–Trinajstić information content (AvgIpc) is 3.11. The molecule has 2 aromatic carbocycles. The lowest BCUT2D eigenvalue weighted by Crippen LogP contribution is -2.55. The van der Waals surface area contributed by atoms with Crippen LogP contribution in [0.2, 0.25) is 0 Å². The minimum Gasteiger partial charge on any atom is -0.480 e. The molecule has 3 atom stereocenters. The molecular weight excluding hydrogens is 438 g/mol. The molecule has 182 valence electrons. The van der Waals surface area contributed by atoms with Crippen LogP contribution in [0.1, 0.15) is 30.4 Å². The molecule has 1 aliphatic rings. The lowest BCUT2D eigenvalue weighted by molar-refractivity contribution is -0.145. The second-order valence-corrected chi connectivity index (χ2v) is 8.68. The number of amides is 2. The van der Waals surface area contributed by atoms with Crippen molar-refractivity contribution in [1.29, 1.82) is 0 Å². The monoisotopic (exact) mass is 469 g/mol. The van der Waals surface area contributed by atoms with Crippen LogP contribution in [0.4, 0.5) is 4.79 Å². The van der Waals surface area contributed by atoms with Crippen molar-refractivity contribution in [3.8, 4) is 11.1 Å². The fourth-order valence-corrected chi connectivity index (χ4v) is 4.08. The second-order valence-electron chi connectivity index (χ2n) is 8.68. The first kappa shape index (κ1) is 25.2. The largest absolute Gasteiger partial charge is 0.480 e. The summed E-state index contributed by atoms with van der Waals surface area (Å²) in [7, 11) is 3.64. The van der Waals surface area contributed by atoms with E-state index in [9.17, 15) is 24.6 Å². The molecule has 0 fully saturated rings. The number of aliphatic carboxylic acids is 1. The fourth-order valence-electron chi connectivity index (χ4n) is 4.08. The Kier molecular flexibility index (Phi) is 8.25. The van der Waals surface area contributed by atoms with E-state index in [1.807, 2.05) is 67.5 Å². The molecule has 34 heavy (non-hydrogen) atoms. The number of carboxylic acid groups (broad SMARTS) is 1. The molecule has 3 rings (SSSR count). The van der Waals surface area contributed by atoms with Gasteiger partial charge >= 0.3 is 12.1 Å². The fraction of sp³-hybridized carbons (Fsp3) is 0.400. The number of nitrogens with zero attached hydrogens (tertiary/aromatic N) is 1. The maximum atomic E-state index is 12.7. The van der Waals surface area contributed by atoms with Gasteiger partial charge in [0.2, 0.25) is 5.91 Å². The number of carbonyl (C=O) groups excluding carboxylic acids is 2. The van der Waals surface area contributed by atoms with Gasteiger partial charge in [-0.05, 0) is 56.2 Å². The van der Waals surface area contributed by atoms with Crippen molar-refractivity contribution in [2.75, 3.05) is 27.2 Å². The molecule has 0 heterocycles. The number of nitrogens with one attached hydrogen (secondary N) is 2. The molecule has 9 heteroatoms. The number of ether oxygens (including phenoxy) is 1. The highest BCUT2D eigenvalue weighted by Gasteiger charge is 2.31. The molecule has 2 aromatic rings. The number of hydrogen-bond donors (Lipinski definition) is 4. The molecule has 4 N–H and O–H groups in total. The maximum absolute atomic E-state index is 12.7. The first-order valence-corrected chi connectivity index (χ1v) is 11.2. The van der Waals surface area contributed by atoms with Gasteiger partial charge in [-0.25, -0.2) is 9.59 Å². The van der Waals surface area contributed by atoms with Crippen LogP contribution in [0, 0.1) is 0 Å². The summed E-state index contributed by atoms with van der Waals surface area (Å²) >= 11 is 0. The minimum atomic E-state index is -1.49. The number of carbonyl (C=O) groups is 3. The summed E-state index contributed by atoms with van der Waals surface area (Å²) in [6.45, 7) is 1.83. The Morgan fingerprint density at radius 1 is 1.00 bits per heavy atom. The Hall–Kier alpha value is -3.43. The highest BCUT2D eigenvalue weighted by Crippen LogP contribution is 2.44. The number of benzene rings is 2. The van der Waals surface area contributed by atoms with E-state index in [0.717, 1.165) is 22.3 Å². The highest BCUT2D eigenvalue weighted by molar-refractivity contribution is 5.89. The van der Waals surface area contributed by atoms with Crippen LogP contribution in [0.15, 0.2) is 48.5 Å². The lowest BCUT2D eigenvalue weighted by atomic mass is 9.98. The van der Waals surface area contributed by atoms with Gasteiger partial charge in [0.25, 0.3) is 0 Å². The SMILES string of the molecule is CC(O)C(NC(=O)C(CCN(C)C)NC(=O)OCC1c2ccccc2-c2ccccc21)C(=O)O. The molecule has 9 nitrogen and oxygen atoms in total. The van der Waals surface area contributed by atoms with Crippen molar-refractivity contribution < 1.29 is 29.3 Å². The third kappa shape index (κ3) is 5.92. The molecule has 1 aliphatic carbocycles. The molecule has 0 saturated heterocycles. The molecule has 3 unspecified atom stereocenters. The van der Waals surface area contributed by atoms with Gasteiger partial charge in [0.1, 0.15) is 12.6 Å². The van der Waals surface area contributed by atoms with Gasteiger partial charge in [0.05, 0.1) is 6.10 Å². The molecule has 0 aromatic heterocycles. The number of aliphatic hydroxyl groups is 1. The smallest absolute Gasteiger partial charge is 0.407 e. The predicted octanol–water partition coefficient (Wildman–Crippen LogP) is 1.80. The van der Waals surface area contributed by atoms with E-state index >= 15 is 0 Å². The summed E-state index contributed by atoms with van der Waals surface area (Å²) in [6.07, 6.45) is -1.84. The molecular formula is C25H31N3O6. The second kappa shape index (κ2) is 11.1. The van der Waals surface area contributed by atoms with Gasteiger partial charge in [0.15, 0.2) is 6.04 Å². The lowest BCUT2D eigenvalue weighted by Gasteiger charge is -2.24. The molecule has 2 amide bonds. The first-order valence-electron chi connectivity index (χ1n) is 11.2. The van der Waals surface area contributed by atoms with Crippen molar-refractivity contribution in [2.24, 2.45) is 0 Å². The van der Waals surface area contributed by atoms with Gasteiger partial charge in [-0.3, -0.25) is 4.79 Å². The van der Waals surface area contributed by atoms with Crippen LogP contribution in [-0.4, -0.2) is 78.5 Å². The normalized spacial score (nSPS) is 15.1. The van der Waals surface area contributed by atoms with Crippen molar-refractivity contribution >= 4 is 18.0 Å². The summed E-state index contributed by atoms with van der Waals surface area (Å²) in [6, 6.07) is 13.4. The first-order chi connectivity index (χ1) is 16.2. The highest BCUT2D eigenvalue weighted by atomic mass is 16.5. The van der Waals surface area contributed by atoms with Gasteiger partial charge in [0, 0.05) is 5.92 Å². The van der Waals surface area contributed by atoms with E-state index in [-0.39, 0.29) is 18.9 Å². The Labute approximate surface area is 198 Å². The predicted molar refractivity (Wildman–Crippen MR) is 126 cm³/mol. The third-order valence-electron chi connectivity index (χ3n) is 5.86. The Bertz CT molecular complexity index is 993. The minimum absolute atomic E-state index is 0.0906. The Morgan fingerprint density at radius 3 is 2.06 bits per heavy atom. The molecule has 0 radical (unpaired) electrons. The summed E-state index contributed by atoms with van der Waals surface area (Å²) in [5, 5.41) is 23.8. The zero-order chi connectivity index (χ0) is 24.8. The van der Waals surface area contributed by atoms with E-state index in [2.05, 4.69) is 10.6 Å². The standard InChI is InChI=1S/C25H31N3O6/c1-15(29)22(24(31)32)27-23(30)21(12-13-28(2)3)26-25(33)34-14-20-18-10-6-4-8-16(18)17-9-5-7-11-19(17)20/h4-11,15,20-22,29H,12-14H2,1-3H3,(H,26,33)(H,27,30)(H,31,32). The topological polar surface area (TPSA) is 128 Å². The van der Waals surface area contributed by atoms with E-state index in [4.69, 9.17) is 4.74 Å². The van der Waals surface area contributed by atoms with Gasteiger partial charge in [-0.15, -0.1) is 0 Å². The zero-order valence-corrected chi connectivity index (χ0v) is 19.5. The number of fused-ring (bicyclic) bond motifs is 3. The quantitative estimate of drug-likeness (QED) is 0.418. The van der Waals surface area contributed by atoms with Crippen molar-refractivity contribution in [2.45, 2.75) is 37.5 Å².